The van der Waals surface area contributed by atoms with Crippen LogP contribution in [0.3, 0.4) is 0 Å². The molecule has 2 aliphatic rings. The minimum Gasteiger partial charge on any atom is -0.360 e. The average Bonchev–Trinajstić information content (AvgIpc) is 2.81. The number of anilines is 1. The Kier molecular flexibility index (Phi) is 2.52. The molecule has 0 radical (unpaired) electrons. The van der Waals surface area contributed by atoms with Crippen LogP contribution < -0.4 is 5.32 Å². The van der Waals surface area contributed by atoms with Crippen LogP contribution in [0.1, 0.15) is 23.2 Å². The summed E-state index contributed by atoms with van der Waals surface area (Å²) in [6.07, 6.45) is 1.95. The Bertz CT molecular complexity index is 447. The molecule has 90 valence electrons. The number of para-hydroxylation sites is 1. The Hall–Kier alpha value is -1.55. The first-order valence-corrected chi connectivity index (χ1v) is 6.00. The van der Waals surface area contributed by atoms with E-state index in [-0.39, 0.29) is 18.2 Å². The van der Waals surface area contributed by atoms with Gasteiger partial charge in [-0.25, -0.2) is 0 Å². The summed E-state index contributed by atoms with van der Waals surface area (Å²) in [6, 6.07) is 7.79. The first kappa shape index (κ1) is 10.6. The number of methoxy groups -OCH3 is 1. The number of hydrogen-bond donors (Lipinski definition) is 1. The number of amides is 1. The quantitative estimate of drug-likeness (QED) is 0.801. The molecule has 4 heteroatoms. The van der Waals surface area contributed by atoms with Crippen molar-refractivity contribution in [2.24, 2.45) is 0 Å². The molecule has 1 aromatic rings. The maximum absolute atomic E-state index is 12.4. The van der Waals surface area contributed by atoms with Gasteiger partial charge in [-0.15, -0.1) is 0 Å². The van der Waals surface area contributed by atoms with Crippen molar-refractivity contribution in [2.75, 3.05) is 19.0 Å². The van der Waals surface area contributed by atoms with Crippen LogP contribution in [-0.2, 0) is 4.74 Å². The Morgan fingerprint density at radius 2 is 2.24 bits per heavy atom. The molecule has 2 heterocycles. The van der Waals surface area contributed by atoms with Crippen molar-refractivity contribution >= 4 is 11.6 Å². The number of fused-ring (bicyclic) bond motifs is 2. The number of ether oxygens (including phenoxy) is 1. The molecule has 17 heavy (non-hydrogen) atoms. The van der Waals surface area contributed by atoms with Crippen molar-refractivity contribution < 1.29 is 9.53 Å². The molecule has 1 amide bonds. The molecule has 4 nitrogen and oxygen atoms in total. The molecule has 0 spiro atoms. The van der Waals surface area contributed by atoms with Crippen molar-refractivity contribution in [2.45, 2.75) is 25.1 Å². The third-order valence-electron chi connectivity index (χ3n) is 3.62. The molecule has 0 saturated carbocycles. The smallest absolute Gasteiger partial charge is 0.256 e. The zero-order valence-electron chi connectivity index (χ0n) is 9.85. The summed E-state index contributed by atoms with van der Waals surface area (Å²) in [6.45, 7) is 0.833. The van der Waals surface area contributed by atoms with Gasteiger partial charge in [0.2, 0.25) is 0 Å². The lowest BCUT2D eigenvalue weighted by atomic mass is 10.1. The van der Waals surface area contributed by atoms with Crippen molar-refractivity contribution in [3.63, 3.8) is 0 Å². The van der Waals surface area contributed by atoms with Crippen molar-refractivity contribution in [3.8, 4) is 0 Å². The minimum absolute atomic E-state index is 0.106. The van der Waals surface area contributed by atoms with Crippen molar-refractivity contribution in [1.29, 1.82) is 0 Å². The fourth-order valence-corrected chi connectivity index (χ4v) is 2.78. The number of hydrogen-bond acceptors (Lipinski definition) is 3. The third-order valence-corrected chi connectivity index (χ3v) is 3.62. The fourth-order valence-electron chi connectivity index (χ4n) is 2.78. The first-order valence-electron chi connectivity index (χ1n) is 6.00. The lowest BCUT2D eigenvalue weighted by Crippen LogP contribution is -2.44. The standard InChI is InChI=1S/C13H16N2O2/c1-17-12-11-7-4-8-15(11)13(16)9-5-2-3-6-10(9)14-12/h2-3,5-6,11-12,14H,4,7-8H2,1H3/t11-,12?/m0/s1. The molecule has 0 bridgehead atoms. The molecule has 0 aliphatic carbocycles. The summed E-state index contributed by atoms with van der Waals surface area (Å²) in [5.41, 5.74) is 1.62. The highest BCUT2D eigenvalue weighted by molar-refractivity contribution is 6.00. The monoisotopic (exact) mass is 232 g/mol. The summed E-state index contributed by atoms with van der Waals surface area (Å²) in [5, 5.41) is 3.33. The molecule has 1 saturated heterocycles. The van der Waals surface area contributed by atoms with E-state index in [1.807, 2.05) is 29.2 Å². The lowest BCUT2D eigenvalue weighted by molar-refractivity contribution is 0.0420. The fraction of sp³-hybridized carbons (Fsp3) is 0.462. The Morgan fingerprint density at radius 3 is 3.06 bits per heavy atom. The van der Waals surface area contributed by atoms with Gasteiger partial charge in [-0.2, -0.15) is 0 Å². The highest BCUT2D eigenvalue weighted by Gasteiger charge is 2.38. The van der Waals surface area contributed by atoms with Crippen LogP contribution in [0, 0.1) is 0 Å². The largest absolute Gasteiger partial charge is 0.360 e. The van der Waals surface area contributed by atoms with Crippen LogP contribution in [0.25, 0.3) is 0 Å². The normalized spacial score (nSPS) is 27.1. The van der Waals surface area contributed by atoms with Gasteiger partial charge in [-0.3, -0.25) is 4.79 Å². The molecule has 1 N–H and O–H groups in total. The molecular formula is C13H16N2O2. The number of carbonyl (C=O) groups is 1. The van der Waals surface area contributed by atoms with Gasteiger partial charge >= 0.3 is 0 Å². The maximum Gasteiger partial charge on any atom is 0.256 e. The number of nitrogens with one attached hydrogen (secondary N) is 1. The zero-order valence-corrected chi connectivity index (χ0v) is 9.85. The van der Waals surface area contributed by atoms with E-state index in [1.54, 1.807) is 7.11 Å². The van der Waals surface area contributed by atoms with Gasteiger partial charge in [0.25, 0.3) is 5.91 Å². The molecule has 1 unspecified atom stereocenters. The first-order chi connectivity index (χ1) is 8.31. The Balaban J connectivity index is 2.06. The summed E-state index contributed by atoms with van der Waals surface area (Å²) in [4.78, 5) is 14.3. The molecule has 1 aromatic carbocycles. The van der Waals surface area contributed by atoms with E-state index in [2.05, 4.69) is 5.32 Å². The van der Waals surface area contributed by atoms with Crippen LogP contribution in [0.2, 0.25) is 0 Å². The Labute approximate surface area is 101 Å². The van der Waals surface area contributed by atoms with Crippen LogP contribution in [0.4, 0.5) is 5.69 Å². The van der Waals surface area contributed by atoms with Crippen LogP contribution >= 0.6 is 0 Å². The van der Waals surface area contributed by atoms with Gasteiger partial charge in [0, 0.05) is 19.3 Å². The zero-order chi connectivity index (χ0) is 11.8. The molecule has 0 aromatic heterocycles. The van der Waals surface area contributed by atoms with Gasteiger partial charge in [-0.05, 0) is 25.0 Å². The highest BCUT2D eigenvalue weighted by Crippen LogP contribution is 2.30. The average molecular weight is 232 g/mol. The maximum atomic E-state index is 12.4. The molecule has 2 atom stereocenters. The summed E-state index contributed by atoms with van der Waals surface area (Å²) in [5.74, 6) is 0.121. The summed E-state index contributed by atoms with van der Waals surface area (Å²) >= 11 is 0. The molecule has 2 aliphatic heterocycles. The number of rotatable bonds is 1. The predicted octanol–water partition coefficient (Wildman–Crippen LogP) is 1.69. The SMILES string of the molecule is COC1Nc2ccccc2C(=O)N2CCC[C@@H]12. The van der Waals surface area contributed by atoms with Gasteiger partial charge in [0.15, 0.2) is 0 Å². The van der Waals surface area contributed by atoms with Gasteiger partial charge in [-0.1, -0.05) is 12.1 Å². The molecular weight excluding hydrogens is 216 g/mol. The van der Waals surface area contributed by atoms with Crippen LogP contribution in [-0.4, -0.2) is 36.7 Å². The second kappa shape index (κ2) is 4.04. The predicted molar refractivity (Wildman–Crippen MR) is 64.9 cm³/mol. The van der Waals surface area contributed by atoms with E-state index in [0.717, 1.165) is 30.6 Å². The van der Waals surface area contributed by atoms with Crippen molar-refractivity contribution in [1.82, 2.24) is 4.90 Å². The van der Waals surface area contributed by atoms with E-state index in [0.29, 0.717) is 0 Å². The van der Waals surface area contributed by atoms with E-state index < -0.39 is 0 Å². The highest BCUT2D eigenvalue weighted by atomic mass is 16.5. The van der Waals surface area contributed by atoms with E-state index >= 15 is 0 Å². The van der Waals surface area contributed by atoms with E-state index in [1.165, 1.54) is 0 Å². The summed E-state index contributed by atoms with van der Waals surface area (Å²) in [7, 11) is 1.69. The van der Waals surface area contributed by atoms with Crippen LogP contribution in [0.5, 0.6) is 0 Å². The minimum atomic E-state index is -0.106. The number of carbonyl (C=O) groups excluding carboxylic acids is 1. The van der Waals surface area contributed by atoms with Gasteiger partial charge in [0.05, 0.1) is 11.6 Å². The second-order valence-electron chi connectivity index (χ2n) is 4.55. The second-order valence-corrected chi connectivity index (χ2v) is 4.55. The molecule has 1 fully saturated rings. The lowest BCUT2D eigenvalue weighted by Gasteiger charge is -2.28. The molecule has 3 rings (SSSR count). The topological polar surface area (TPSA) is 41.6 Å². The van der Waals surface area contributed by atoms with Gasteiger partial charge < -0.3 is 15.0 Å². The van der Waals surface area contributed by atoms with Gasteiger partial charge in [0.1, 0.15) is 6.23 Å². The van der Waals surface area contributed by atoms with Crippen molar-refractivity contribution in [3.05, 3.63) is 29.8 Å². The van der Waals surface area contributed by atoms with E-state index in [4.69, 9.17) is 4.74 Å². The van der Waals surface area contributed by atoms with Crippen LogP contribution in [0.15, 0.2) is 24.3 Å². The van der Waals surface area contributed by atoms with E-state index in [9.17, 15) is 4.79 Å². The summed E-state index contributed by atoms with van der Waals surface area (Å²) < 4.78 is 5.49. The number of benzene rings is 1. The third kappa shape index (κ3) is 1.60. The Morgan fingerprint density at radius 1 is 1.41 bits per heavy atom. The number of nitrogens with zero attached hydrogens (tertiary/aromatic N) is 1.